The molecule has 106 valence electrons. The number of anilines is 3. The maximum absolute atomic E-state index is 13.7. The molecule has 0 bridgehead atoms. The minimum Gasteiger partial charge on any atom is -0.494 e. The van der Waals surface area contributed by atoms with Gasteiger partial charge in [0.15, 0.2) is 0 Å². The van der Waals surface area contributed by atoms with Gasteiger partial charge in [0.25, 0.3) is 0 Å². The van der Waals surface area contributed by atoms with Gasteiger partial charge < -0.3 is 15.8 Å². The second-order valence-electron chi connectivity index (χ2n) is 4.09. The summed E-state index contributed by atoms with van der Waals surface area (Å²) in [4.78, 5) is 0. The number of benzene rings is 2. The van der Waals surface area contributed by atoms with Crippen LogP contribution in [0, 0.1) is 11.6 Å². The van der Waals surface area contributed by atoms with Crippen LogP contribution in [0.25, 0.3) is 0 Å². The van der Waals surface area contributed by atoms with Crippen LogP contribution in [0.2, 0.25) is 0 Å². The van der Waals surface area contributed by atoms with Crippen LogP contribution in [0.15, 0.2) is 34.8 Å². The van der Waals surface area contributed by atoms with E-state index >= 15 is 0 Å². The fourth-order valence-corrected chi connectivity index (χ4v) is 2.03. The Balaban J connectivity index is 2.32. The predicted octanol–water partition coefficient (Wildman–Crippen LogP) is 4.45. The first-order valence-electron chi connectivity index (χ1n) is 5.94. The second kappa shape index (κ2) is 6.09. The maximum Gasteiger partial charge on any atom is 0.147 e. The molecule has 0 aromatic heterocycles. The van der Waals surface area contributed by atoms with Gasteiger partial charge in [0.1, 0.15) is 17.4 Å². The van der Waals surface area contributed by atoms with Gasteiger partial charge in [0.2, 0.25) is 0 Å². The average molecular weight is 343 g/mol. The Kier molecular flexibility index (Phi) is 4.44. The number of ether oxygens (including phenoxy) is 1. The monoisotopic (exact) mass is 342 g/mol. The van der Waals surface area contributed by atoms with E-state index in [0.717, 1.165) is 12.1 Å². The standard InChI is InChI=1S/C14H13BrF2N2O/c1-2-20-10-4-8(18)3-9(5-10)19-14-7-12(16)11(15)6-13(14)17/h3-7,19H,2,18H2,1H3. The van der Waals surface area contributed by atoms with E-state index in [0.29, 0.717) is 23.7 Å². The molecule has 0 saturated heterocycles. The average Bonchev–Trinajstić information content (AvgIpc) is 2.35. The predicted molar refractivity (Wildman–Crippen MR) is 79.4 cm³/mol. The maximum atomic E-state index is 13.7. The molecular formula is C14H13BrF2N2O. The number of nitrogens with one attached hydrogen (secondary N) is 1. The SMILES string of the molecule is CCOc1cc(N)cc(Nc2cc(F)c(Br)cc2F)c1. The largest absolute Gasteiger partial charge is 0.494 e. The summed E-state index contributed by atoms with van der Waals surface area (Å²) in [6.45, 7) is 2.34. The van der Waals surface area contributed by atoms with Crippen molar-refractivity contribution in [3.63, 3.8) is 0 Å². The molecule has 0 radical (unpaired) electrons. The molecule has 6 heteroatoms. The Hall–Kier alpha value is -1.82. The Morgan fingerprint density at radius 1 is 1.15 bits per heavy atom. The van der Waals surface area contributed by atoms with Crippen LogP contribution < -0.4 is 15.8 Å². The van der Waals surface area contributed by atoms with Crippen molar-refractivity contribution in [3.8, 4) is 5.75 Å². The van der Waals surface area contributed by atoms with Gasteiger partial charge >= 0.3 is 0 Å². The summed E-state index contributed by atoms with van der Waals surface area (Å²) in [7, 11) is 0. The normalized spacial score (nSPS) is 10.4. The minimum absolute atomic E-state index is 0.0266. The van der Waals surface area contributed by atoms with Gasteiger partial charge in [0.05, 0.1) is 16.8 Å². The molecule has 0 unspecified atom stereocenters. The Labute approximate surface area is 123 Å². The Morgan fingerprint density at radius 2 is 1.90 bits per heavy atom. The highest BCUT2D eigenvalue weighted by molar-refractivity contribution is 9.10. The van der Waals surface area contributed by atoms with Crippen molar-refractivity contribution in [2.75, 3.05) is 17.7 Å². The van der Waals surface area contributed by atoms with E-state index in [1.54, 1.807) is 18.2 Å². The van der Waals surface area contributed by atoms with Gasteiger partial charge in [0, 0.05) is 29.6 Å². The lowest BCUT2D eigenvalue weighted by molar-refractivity contribution is 0.340. The molecule has 0 spiro atoms. The fraction of sp³-hybridized carbons (Fsp3) is 0.143. The third-order valence-corrected chi connectivity index (χ3v) is 3.14. The fourth-order valence-electron chi connectivity index (χ4n) is 1.72. The van der Waals surface area contributed by atoms with Gasteiger partial charge in [-0.2, -0.15) is 0 Å². The molecular weight excluding hydrogens is 330 g/mol. The number of nitrogens with two attached hydrogens (primary N) is 1. The lowest BCUT2D eigenvalue weighted by atomic mass is 10.2. The molecule has 20 heavy (non-hydrogen) atoms. The highest BCUT2D eigenvalue weighted by Crippen LogP contribution is 2.29. The molecule has 2 rings (SSSR count). The van der Waals surface area contributed by atoms with E-state index < -0.39 is 11.6 Å². The zero-order valence-electron chi connectivity index (χ0n) is 10.7. The number of rotatable bonds is 4. The van der Waals surface area contributed by atoms with Crippen LogP contribution in [0.5, 0.6) is 5.75 Å². The van der Waals surface area contributed by atoms with Gasteiger partial charge in [-0.15, -0.1) is 0 Å². The van der Waals surface area contributed by atoms with Crippen LogP contribution in [0.1, 0.15) is 6.92 Å². The van der Waals surface area contributed by atoms with Crippen molar-refractivity contribution in [1.82, 2.24) is 0 Å². The lowest BCUT2D eigenvalue weighted by Gasteiger charge is -2.11. The molecule has 0 heterocycles. The smallest absolute Gasteiger partial charge is 0.147 e. The van der Waals surface area contributed by atoms with E-state index in [1.807, 2.05) is 6.92 Å². The number of hydrogen-bond donors (Lipinski definition) is 2. The third kappa shape index (κ3) is 3.39. The first kappa shape index (κ1) is 14.6. The highest BCUT2D eigenvalue weighted by Gasteiger charge is 2.09. The van der Waals surface area contributed by atoms with Crippen molar-refractivity contribution >= 4 is 33.0 Å². The van der Waals surface area contributed by atoms with E-state index in [1.165, 1.54) is 0 Å². The number of halogens is 3. The zero-order valence-corrected chi connectivity index (χ0v) is 12.3. The lowest BCUT2D eigenvalue weighted by Crippen LogP contribution is -1.99. The van der Waals surface area contributed by atoms with Gasteiger partial charge in [-0.05, 0) is 35.0 Å². The summed E-state index contributed by atoms with van der Waals surface area (Å²) in [5.74, 6) is -0.561. The first-order chi connectivity index (χ1) is 9.49. The molecule has 0 amide bonds. The minimum atomic E-state index is -0.571. The van der Waals surface area contributed by atoms with Crippen molar-refractivity contribution in [3.05, 3.63) is 46.4 Å². The molecule has 0 aliphatic rings. The molecule has 0 atom stereocenters. The third-order valence-electron chi connectivity index (χ3n) is 2.53. The summed E-state index contributed by atoms with van der Waals surface area (Å²) in [6.07, 6.45) is 0. The molecule has 0 aliphatic heterocycles. The molecule has 0 saturated carbocycles. The van der Waals surface area contributed by atoms with E-state index in [-0.39, 0.29) is 10.2 Å². The zero-order chi connectivity index (χ0) is 14.7. The van der Waals surface area contributed by atoms with Crippen LogP contribution in [-0.2, 0) is 0 Å². The van der Waals surface area contributed by atoms with Crippen molar-refractivity contribution in [1.29, 1.82) is 0 Å². The Morgan fingerprint density at radius 3 is 2.60 bits per heavy atom. The summed E-state index contributed by atoms with van der Waals surface area (Å²) >= 11 is 2.93. The summed E-state index contributed by atoms with van der Waals surface area (Å²) in [5, 5.41) is 2.78. The van der Waals surface area contributed by atoms with Crippen LogP contribution in [0.3, 0.4) is 0 Å². The summed E-state index contributed by atoms with van der Waals surface area (Å²) in [6, 6.07) is 7.07. The van der Waals surface area contributed by atoms with Crippen LogP contribution >= 0.6 is 15.9 Å². The Bertz CT molecular complexity index is 635. The van der Waals surface area contributed by atoms with Crippen molar-refractivity contribution < 1.29 is 13.5 Å². The van der Waals surface area contributed by atoms with Crippen molar-refractivity contribution in [2.45, 2.75) is 6.92 Å². The van der Waals surface area contributed by atoms with E-state index in [4.69, 9.17) is 10.5 Å². The summed E-state index contributed by atoms with van der Waals surface area (Å²) < 4.78 is 32.6. The quantitative estimate of drug-likeness (QED) is 0.637. The van der Waals surface area contributed by atoms with Gasteiger partial charge in [-0.1, -0.05) is 0 Å². The molecule has 3 N–H and O–H groups in total. The molecule has 0 aliphatic carbocycles. The van der Waals surface area contributed by atoms with E-state index in [2.05, 4.69) is 21.2 Å². The molecule has 0 fully saturated rings. The number of hydrogen-bond acceptors (Lipinski definition) is 3. The number of nitrogen functional groups attached to an aromatic ring is 1. The topological polar surface area (TPSA) is 47.3 Å². The second-order valence-corrected chi connectivity index (χ2v) is 4.95. The van der Waals surface area contributed by atoms with Gasteiger partial charge in [-0.3, -0.25) is 0 Å². The van der Waals surface area contributed by atoms with Crippen LogP contribution in [0.4, 0.5) is 25.8 Å². The molecule has 2 aromatic rings. The van der Waals surface area contributed by atoms with Crippen molar-refractivity contribution in [2.24, 2.45) is 0 Å². The first-order valence-corrected chi connectivity index (χ1v) is 6.74. The molecule has 3 nitrogen and oxygen atoms in total. The van der Waals surface area contributed by atoms with Gasteiger partial charge in [-0.25, -0.2) is 8.78 Å². The molecule has 2 aromatic carbocycles. The van der Waals surface area contributed by atoms with E-state index in [9.17, 15) is 8.78 Å². The van der Waals surface area contributed by atoms with Crippen LogP contribution in [-0.4, -0.2) is 6.61 Å². The summed E-state index contributed by atoms with van der Waals surface area (Å²) in [5.41, 5.74) is 6.76. The highest BCUT2D eigenvalue weighted by atomic mass is 79.9.